The van der Waals surface area contributed by atoms with Gasteiger partial charge in [-0.1, -0.05) is 0 Å². The van der Waals surface area contributed by atoms with Gasteiger partial charge in [0.05, 0.1) is 25.3 Å². The summed E-state index contributed by atoms with van der Waals surface area (Å²) in [6, 6.07) is 4.11. The SMILES string of the molecule is COC(=O)c1cc(OCC(C)=O)cc(C(=O)OC)c1. The van der Waals surface area contributed by atoms with Gasteiger partial charge in [0.25, 0.3) is 0 Å². The molecule has 0 aliphatic heterocycles. The van der Waals surface area contributed by atoms with E-state index in [4.69, 9.17) is 4.74 Å². The Balaban J connectivity index is 3.12. The van der Waals surface area contributed by atoms with Crippen LogP contribution in [0.3, 0.4) is 0 Å². The van der Waals surface area contributed by atoms with Gasteiger partial charge in [-0.3, -0.25) is 4.79 Å². The molecule has 19 heavy (non-hydrogen) atoms. The number of Topliss-reactive ketones (excluding diaryl/α,β-unsaturated/α-hetero) is 1. The molecule has 0 unspecified atom stereocenters. The van der Waals surface area contributed by atoms with Crippen molar-refractivity contribution < 1.29 is 28.6 Å². The zero-order valence-corrected chi connectivity index (χ0v) is 10.9. The summed E-state index contributed by atoms with van der Waals surface area (Å²) in [4.78, 5) is 33.8. The summed E-state index contributed by atoms with van der Waals surface area (Å²) in [5, 5.41) is 0. The summed E-state index contributed by atoms with van der Waals surface area (Å²) in [5.41, 5.74) is 0.285. The van der Waals surface area contributed by atoms with E-state index in [2.05, 4.69) is 9.47 Å². The highest BCUT2D eigenvalue weighted by Crippen LogP contribution is 2.19. The van der Waals surface area contributed by atoms with Crippen LogP contribution in [0.15, 0.2) is 18.2 Å². The van der Waals surface area contributed by atoms with Crippen LogP contribution in [0.4, 0.5) is 0 Å². The van der Waals surface area contributed by atoms with Crippen molar-refractivity contribution in [3.8, 4) is 5.75 Å². The van der Waals surface area contributed by atoms with Crippen molar-refractivity contribution in [3.05, 3.63) is 29.3 Å². The van der Waals surface area contributed by atoms with Crippen LogP contribution in [-0.4, -0.2) is 38.5 Å². The summed E-state index contributed by atoms with van der Waals surface area (Å²) in [6.45, 7) is 1.22. The molecule has 0 aliphatic rings. The molecule has 0 aliphatic carbocycles. The van der Waals surface area contributed by atoms with Gasteiger partial charge in [-0.15, -0.1) is 0 Å². The summed E-state index contributed by atoms with van der Waals surface area (Å²) in [5.74, 6) is -1.18. The topological polar surface area (TPSA) is 78.9 Å². The normalized spacial score (nSPS) is 9.63. The maximum Gasteiger partial charge on any atom is 0.338 e. The van der Waals surface area contributed by atoms with Gasteiger partial charge in [-0.2, -0.15) is 0 Å². The molecule has 1 aromatic rings. The van der Waals surface area contributed by atoms with E-state index in [9.17, 15) is 14.4 Å². The standard InChI is InChI=1S/C13H14O6/c1-8(14)7-19-11-5-9(12(15)17-2)4-10(6-11)13(16)18-3/h4-6H,7H2,1-3H3. The lowest BCUT2D eigenvalue weighted by atomic mass is 10.1. The van der Waals surface area contributed by atoms with Crippen LogP contribution in [0.1, 0.15) is 27.6 Å². The van der Waals surface area contributed by atoms with Crippen molar-refractivity contribution in [2.24, 2.45) is 0 Å². The number of carbonyl (C=O) groups is 3. The van der Waals surface area contributed by atoms with Gasteiger partial charge in [-0.25, -0.2) is 9.59 Å². The Morgan fingerprint density at radius 2 is 1.42 bits per heavy atom. The van der Waals surface area contributed by atoms with E-state index >= 15 is 0 Å². The zero-order valence-electron chi connectivity index (χ0n) is 10.9. The monoisotopic (exact) mass is 266 g/mol. The Morgan fingerprint density at radius 1 is 0.947 bits per heavy atom. The summed E-state index contributed by atoms with van der Waals surface area (Å²) in [7, 11) is 2.45. The predicted octanol–water partition coefficient (Wildman–Crippen LogP) is 1.23. The minimum Gasteiger partial charge on any atom is -0.486 e. The minimum absolute atomic E-state index is 0.143. The maximum absolute atomic E-state index is 11.5. The number of benzene rings is 1. The van der Waals surface area contributed by atoms with Gasteiger partial charge in [0, 0.05) is 0 Å². The lowest BCUT2D eigenvalue weighted by Gasteiger charge is -2.08. The van der Waals surface area contributed by atoms with Crippen molar-refractivity contribution >= 4 is 17.7 Å². The molecule has 6 heteroatoms. The average molecular weight is 266 g/mol. The van der Waals surface area contributed by atoms with Crippen LogP contribution in [0.25, 0.3) is 0 Å². The van der Waals surface area contributed by atoms with E-state index < -0.39 is 11.9 Å². The van der Waals surface area contributed by atoms with Crippen molar-refractivity contribution in [2.75, 3.05) is 20.8 Å². The first kappa shape index (κ1) is 14.7. The van der Waals surface area contributed by atoms with E-state index in [0.29, 0.717) is 0 Å². The summed E-state index contributed by atoms with van der Waals surface area (Å²) < 4.78 is 14.3. The third-order valence-electron chi connectivity index (χ3n) is 2.19. The van der Waals surface area contributed by atoms with Gasteiger partial charge in [0.15, 0.2) is 5.78 Å². The number of hydrogen-bond acceptors (Lipinski definition) is 6. The molecule has 0 N–H and O–H groups in total. The van der Waals surface area contributed by atoms with E-state index in [0.717, 1.165) is 0 Å². The maximum atomic E-state index is 11.5. The Labute approximate surface area is 110 Å². The fraction of sp³-hybridized carbons (Fsp3) is 0.308. The Kier molecular flexibility index (Phi) is 5.05. The van der Waals surface area contributed by atoms with Crippen molar-refractivity contribution in [3.63, 3.8) is 0 Å². The molecule has 0 bridgehead atoms. The molecule has 0 saturated carbocycles. The second kappa shape index (κ2) is 6.53. The number of ether oxygens (including phenoxy) is 3. The van der Waals surface area contributed by atoms with Crippen LogP contribution in [0, 0.1) is 0 Å². The van der Waals surface area contributed by atoms with Gasteiger partial charge >= 0.3 is 11.9 Å². The molecule has 0 amide bonds. The molecule has 0 fully saturated rings. The molecule has 0 saturated heterocycles. The van der Waals surface area contributed by atoms with Crippen molar-refractivity contribution in [1.29, 1.82) is 0 Å². The summed E-state index contributed by atoms with van der Waals surface area (Å²) in [6.07, 6.45) is 0. The van der Waals surface area contributed by atoms with Crippen LogP contribution in [-0.2, 0) is 14.3 Å². The number of ketones is 1. The number of rotatable bonds is 5. The van der Waals surface area contributed by atoms with Gasteiger partial charge < -0.3 is 14.2 Å². The number of hydrogen-bond donors (Lipinski definition) is 0. The van der Waals surface area contributed by atoms with Crippen LogP contribution in [0.5, 0.6) is 5.75 Å². The van der Waals surface area contributed by atoms with Gasteiger partial charge in [-0.05, 0) is 25.1 Å². The van der Waals surface area contributed by atoms with Crippen LogP contribution >= 0.6 is 0 Å². The first-order valence-electron chi connectivity index (χ1n) is 5.42. The van der Waals surface area contributed by atoms with Crippen LogP contribution in [0.2, 0.25) is 0 Å². The van der Waals surface area contributed by atoms with E-state index in [1.165, 1.54) is 39.3 Å². The lowest BCUT2D eigenvalue weighted by Crippen LogP contribution is -2.10. The molecular formula is C13H14O6. The molecule has 0 spiro atoms. The highest BCUT2D eigenvalue weighted by molar-refractivity contribution is 5.96. The third kappa shape index (κ3) is 4.09. The minimum atomic E-state index is -0.613. The largest absolute Gasteiger partial charge is 0.486 e. The van der Waals surface area contributed by atoms with Crippen molar-refractivity contribution in [2.45, 2.75) is 6.92 Å². The quantitative estimate of drug-likeness (QED) is 0.746. The Hall–Kier alpha value is -2.37. The smallest absolute Gasteiger partial charge is 0.338 e. The molecular weight excluding hydrogens is 252 g/mol. The first-order chi connectivity index (χ1) is 8.97. The van der Waals surface area contributed by atoms with Crippen LogP contribution < -0.4 is 4.74 Å². The number of carbonyl (C=O) groups excluding carboxylic acids is 3. The molecule has 0 aromatic heterocycles. The predicted molar refractivity (Wildman–Crippen MR) is 65.3 cm³/mol. The molecule has 0 atom stereocenters. The highest BCUT2D eigenvalue weighted by Gasteiger charge is 2.14. The van der Waals surface area contributed by atoms with E-state index in [1.807, 2.05) is 0 Å². The second-order valence-electron chi connectivity index (χ2n) is 3.72. The lowest BCUT2D eigenvalue weighted by molar-refractivity contribution is -0.118. The molecule has 6 nitrogen and oxygen atoms in total. The highest BCUT2D eigenvalue weighted by atomic mass is 16.5. The first-order valence-corrected chi connectivity index (χ1v) is 5.42. The zero-order chi connectivity index (χ0) is 14.4. The van der Waals surface area contributed by atoms with Gasteiger partial charge in [0.1, 0.15) is 12.4 Å². The fourth-order valence-electron chi connectivity index (χ4n) is 1.34. The molecule has 0 radical (unpaired) electrons. The van der Waals surface area contributed by atoms with Crippen molar-refractivity contribution in [1.82, 2.24) is 0 Å². The van der Waals surface area contributed by atoms with E-state index in [-0.39, 0.29) is 29.3 Å². The molecule has 1 aromatic carbocycles. The Morgan fingerprint density at radius 3 is 1.79 bits per heavy atom. The molecule has 1 rings (SSSR count). The fourth-order valence-corrected chi connectivity index (χ4v) is 1.34. The second-order valence-corrected chi connectivity index (χ2v) is 3.72. The van der Waals surface area contributed by atoms with Gasteiger partial charge in [0.2, 0.25) is 0 Å². The summed E-state index contributed by atoms with van der Waals surface area (Å²) >= 11 is 0. The number of esters is 2. The molecule has 0 heterocycles. The Bertz CT molecular complexity index is 472. The van der Waals surface area contributed by atoms with E-state index in [1.54, 1.807) is 0 Å². The number of methoxy groups -OCH3 is 2. The third-order valence-corrected chi connectivity index (χ3v) is 2.19. The molecule has 102 valence electrons. The average Bonchev–Trinajstić information content (AvgIpc) is 2.42.